The lowest BCUT2D eigenvalue weighted by Gasteiger charge is -2.19. The Labute approximate surface area is 197 Å². The minimum atomic E-state index is -0.465. The van der Waals surface area contributed by atoms with Crippen molar-refractivity contribution < 1.29 is 38.0 Å². The molecular formula is C21H42N4O8. The van der Waals surface area contributed by atoms with Gasteiger partial charge in [-0.3, -0.25) is 4.79 Å². The van der Waals surface area contributed by atoms with Gasteiger partial charge in [-0.2, -0.15) is 0 Å². The molecule has 0 atom stereocenters. The third-order valence-electron chi connectivity index (χ3n) is 3.60. The van der Waals surface area contributed by atoms with Crippen molar-refractivity contribution in [1.82, 2.24) is 5.32 Å². The molecule has 0 saturated heterocycles. The van der Waals surface area contributed by atoms with Crippen LogP contribution in [0.3, 0.4) is 0 Å². The Morgan fingerprint density at radius 2 is 1.15 bits per heavy atom. The zero-order valence-corrected chi connectivity index (χ0v) is 20.4. The average molecular weight is 479 g/mol. The standard InChI is InChI=1S/C21H42N4O8/c1-21(2,3)33-20(26)4-8-27-12-16-31-17-13-28-9-5-23-6-10-29-14-18-32-19-15-30-11-7-24-25-22/h23H,4-19H2,1-3H3. The summed E-state index contributed by atoms with van der Waals surface area (Å²) in [5.74, 6) is -0.260. The first-order chi connectivity index (χ1) is 16.0. The van der Waals surface area contributed by atoms with Crippen LogP contribution in [-0.2, 0) is 38.0 Å². The highest BCUT2D eigenvalue weighted by atomic mass is 16.6. The Hall–Kier alpha value is -1.50. The topological polar surface area (TPSA) is 142 Å². The van der Waals surface area contributed by atoms with Crippen LogP contribution in [0.4, 0.5) is 0 Å². The highest BCUT2D eigenvalue weighted by Gasteiger charge is 2.15. The van der Waals surface area contributed by atoms with Crippen molar-refractivity contribution in [3.05, 3.63) is 10.4 Å². The van der Waals surface area contributed by atoms with E-state index in [-0.39, 0.29) is 12.4 Å². The van der Waals surface area contributed by atoms with E-state index in [9.17, 15) is 4.79 Å². The van der Waals surface area contributed by atoms with Crippen LogP contribution in [0.1, 0.15) is 27.2 Å². The number of esters is 1. The summed E-state index contributed by atoms with van der Waals surface area (Å²) in [6, 6.07) is 0. The molecule has 0 radical (unpaired) electrons. The molecule has 1 N–H and O–H groups in total. The minimum Gasteiger partial charge on any atom is -0.460 e. The molecule has 0 bridgehead atoms. The number of nitrogens with one attached hydrogen (secondary N) is 1. The third-order valence-corrected chi connectivity index (χ3v) is 3.60. The molecule has 0 aromatic carbocycles. The molecule has 0 spiro atoms. The predicted molar refractivity (Wildman–Crippen MR) is 122 cm³/mol. The van der Waals surface area contributed by atoms with E-state index in [1.807, 2.05) is 20.8 Å². The smallest absolute Gasteiger partial charge is 0.308 e. The van der Waals surface area contributed by atoms with Gasteiger partial charge in [0.1, 0.15) is 5.60 Å². The Kier molecular flexibility index (Phi) is 22.6. The number of nitrogens with zero attached hydrogens (tertiary/aromatic N) is 3. The zero-order valence-electron chi connectivity index (χ0n) is 20.4. The number of ether oxygens (including phenoxy) is 7. The molecule has 0 aromatic rings. The van der Waals surface area contributed by atoms with Crippen molar-refractivity contribution in [2.45, 2.75) is 32.8 Å². The highest BCUT2D eigenvalue weighted by Crippen LogP contribution is 2.07. The molecule has 12 heteroatoms. The highest BCUT2D eigenvalue weighted by molar-refractivity contribution is 5.69. The molecule has 0 unspecified atom stereocenters. The summed E-state index contributed by atoms with van der Waals surface area (Å²) in [5, 5.41) is 6.59. The Bertz CT molecular complexity index is 499. The second kappa shape index (κ2) is 23.7. The largest absolute Gasteiger partial charge is 0.460 e. The molecule has 0 aliphatic rings. The van der Waals surface area contributed by atoms with Crippen molar-refractivity contribution in [1.29, 1.82) is 0 Å². The fourth-order valence-corrected chi connectivity index (χ4v) is 2.20. The molecule has 0 fully saturated rings. The van der Waals surface area contributed by atoms with Gasteiger partial charge in [0, 0.05) is 24.5 Å². The van der Waals surface area contributed by atoms with Gasteiger partial charge in [-0.1, -0.05) is 5.11 Å². The molecular weight excluding hydrogens is 436 g/mol. The van der Waals surface area contributed by atoms with E-state index < -0.39 is 5.60 Å². The lowest BCUT2D eigenvalue weighted by atomic mass is 10.2. The van der Waals surface area contributed by atoms with Crippen LogP contribution in [-0.4, -0.2) is 110 Å². The number of carbonyl (C=O) groups is 1. The molecule has 33 heavy (non-hydrogen) atoms. The molecule has 0 aromatic heterocycles. The van der Waals surface area contributed by atoms with Gasteiger partial charge in [0.2, 0.25) is 0 Å². The van der Waals surface area contributed by atoms with E-state index in [1.165, 1.54) is 0 Å². The number of hydrogen-bond acceptors (Lipinski definition) is 10. The molecule has 194 valence electrons. The fourth-order valence-electron chi connectivity index (χ4n) is 2.20. The Morgan fingerprint density at radius 1 is 0.727 bits per heavy atom. The van der Waals surface area contributed by atoms with E-state index in [1.54, 1.807) is 0 Å². The predicted octanol–water partition coefficient (Wildman–Crippen LogP) is 1.72. The van der Waals surface area contributed by atoms with Gasteiger partial charge in [-0.15, -0.1) is 0 Å². The Balaban J connectivity index is 3.12. The van der Waals surface area contributed by atoms with Gasteiger partial charge in [-0.05, 0) is 26.3 Å². The van der Waals surface area contributed by atoms with Crippen LogP contribution in [0.5, 0.6) is 0 Å². The lowest BCUT2D eigenvalue weighted by Crippen LogP contribution is -2.25. The van der Waals surface area contributed by atoms with E-state index in [0.717, 1.165) is 13.1 Å². The fraction of sp³-hybridized carbons (Fsp3) is 0.952. The van der Waals surface area contributed by atoms with Crippen LogP contribution in [0.15, 0.2) is 5.11 Å². The van der Waals surface area contributed by atoms with Gasteiger partial charge in [0.05, 0.1) is 85.7 Å². The van der Waals surface area contributed by atoms with Gasteiger partial charge >= 0.3 is 5.97 Å². The van der Waals surface area contributed by atoms with Crippen LogP contribution in [0.25, 0.3) is 10.4 Å². The van der Waals surface area contributed by atoms with Crippen LogP contribution in [0, 0.1) is 0 Å². The van der Waals surface area contributed by atoms with E-state index in [2.05, 4.69) is 15.3 Å². The molecule has 0 amide bonds. The van der Waals surface area contributed by atoms with Gasteiger partial charge in [0.25, 0.3) is 0 Å². The van der Waals surface area contributed by atoms with E-state index in [0.29, 0.717) is 85.8 Å². The zero-order chi connectivity index (χ0) is 24.5. The van der Waals surface area contributed by atoms with E-state index in [4.69, 9.17) is 38.7 Å². The normalized spacial score (nSPS) is 11.4. The van der Waals surface area contributed by atoms with Crippen molar-refractivity contribution in [2.75, 3.05) is 98.9 Å². The molecule has 0 aliphatic heterocycles. The first kappa shape index (κ1) is 31.5. The van der Waals surface area contributed by atoms with E-state index >= 15 is 0 Å². The average Bonchev–Trinajstić information content (AvgIpc) is 2.75. The molecule has 0 rings (SSSR count). The maximum atomic E-state index is 11.5. The number of rotatable bonds is 24. The maximum Gasteiger partial charge on any atom is 0.308 e. The minimum absolute atomic E-state index is 0.240. The van der Waals surface area contributed by atoms with Crippen molar-refractivity contribution in [3.63, 3.8) is 0 Å². The summed E-state index contributed by atoms with van der Waals surface area (Å²) in [5.41, 5.74) is 7.64. The van der Waals surface area contributed by atoms with Crippen molar-refractivity contribution in [3.8, 4) is 0 Å². The first-order valence-corrected chi connectivity index (χ1v) is 11.4. The summed E-state index contributed by atoms with van der Waals surface area (Å²) < 4.78 is 37.4. The second-order valence-electron chi connectivity index (χ2n) is 7.72. The second-order valence-corrected chi connectivity index (χ2v) is 7.72. The first-order valence-electron chi connectivity index (χ1n) is 11.4. The summed E-state index contributed by atoms with van der Waals surface area (Å²) in [6.45, 7) is 13.1. The molecule has 0 heterocycles. The van der Waals surface area contributed by atoms with Crippen LogP contribution < -0.4 is 5.32 Å². The monoisotopic (exact) mass is 478 g/mol. The molecule has 0 saturated carbocycles. The summed E-state index contributed by atoms with van der Waals surface area (Å²) in [7, 11) is 0. The summed E-state index contributed by atoms with van der Waals surface area (Å²) in [4.78, 5) is 14.1. The summed E-state index contributed by atoms with van der Waals surface area (Å²) >= 11 is 0. The number of hydrogen-bond donors (Lipinski definition) is 1. The van der Waals surface area contributed by atoms with Crippen molar-refractivity contribution >= 4 is 5.97 Å². The lowest BCUT2D eigenvalue weighted by molar-refractivity contribution is -0.156. The Morgan fingerprint density at radius 3 is 1.61 bits per heavy atom. The molecule has 12 nitrogen and oxygen atoms in total. The van der Waals surface area contributed by atoms with Crippen LogP contribution in [0.2, 0.25) is 0 Å². The van der Waals surface area contributed by atoms with Crippen molar-refractivity contribution in [2.24, 2.45) is 5.11 Å². The third kappa shape index (κ3) is 28.5. The van der Waals surface area contributed by atoms with Crippen LogP contribution >= 0.6 is 0 Å². The SMILES string of the molecule is CC(C)(C)OC(=O)CCOCCOCCOCCNCCOCCOCCOCCN=[N+]=[N-]. The quantitative estimate of drug-likeness (QED) is 0.0721. The summed E-state index contributed by atoms with van der Waals surface area (Å²) in [6.07, 6.45) is 0.240. The number of azide groups is 1. The number of carbonyl (C=O) groups excluding carboxylic acids is 1. The van der Waals surface area contributed by atoms with Gasteiger partial charge in [0.15, 0.2) is 0 Å². The molecule has 0 aliphatic carbocycles. The van der Waals surface area contributed by atoms with Gasteiger partial charge in [-0.25, -0.2) is 0 Å². The maximum absolute atomic E-state index is 11.5. The van der Waals surface area contributed by atoms with Gasteiger partial charge < -0.3 is 38.5 Å².